The molecule has 25 heavy (non-hydrogen) atoms. The molecule has 1 unspecified atom stereocenters. The first-order valence-electron chi connectivity index (χ1n) is 9.59. The molecule has 3 heterocycles. The van der Waals surface area contributed by atoms with E-state index in [0.29, 0.717) is 17.0 Å². The summed E-state index contributed by atoms with van der Waals surface area (Å²) in [5.74, 6) is 1.57. The van der Waals surface area contributed by atoms with E-state index in [1.807, 2.05) is 18.7 Å². The third kappa shape index (κ3) is 3.60. The van der Waals surface area contributed by atoms with Crippen molar-refractivity contribution < 1.29 is 14.1 Å². The van der Waals surface area contributed by atoms with Crippen LogP contribution in [0.2, 0.25) is 0 Å². The number of aryl methyl sites for hydroxylation is 2. The first-order chi connectivity index (χ1) is 12.1. The van der Waals surface area contributed by atoms with Crippen molar-refractivity contribution in [2.24, 2.45) is 11.3 Å². The molecule has 4 rings (SSSR count). The molecule has 1 amide bonds. The van der Waals surface area contributed by atoms with Gasteiger partial charge in [-0.3, -0.25) is 4.79 Å². The monoisotopic (exact) mass is 347 g/mol. The summed E-state index contributed by atoms with van der Waals surface area (Å²) >= 11 is 0. The number of ether oxygens (including phenoxy) is 1. The van der Waals surface area contributed by atoms with Gasteiger partial charge in [0.15, 0.2) is 0 Å². The minimum absolute atomic E-state index is 0.0633. The molecular formula is C19H29N3O3. The number of hydrogen-bond donors (Lipinski definition) is 0. The highest BCUT2D eigenvalue weighted by Crippen LogP contribution is 2.36. The zero-order chi connectivity index (χ0) is 17.4. The van der Waals surface area contributed by atoms with Crippen LogP contribution in [0, 0.1) is 25.2 Å². The number of amides is 1. The van der Waals surface area contributed by atoms with Crippen LogP contribution in [0.25, 0.3) is 0 Å². The fourth-order valence-corrected chi connectivity index (χ4v) is 4.48. The van der Waals surface area contributed by atoms with Crippen molar-refractivity contribution in [3.63, 3.8) is 0 Å². The molecule has 1 saturated carbocycles. The van der Waals surface area contributed by atoms with Gasteiger partial charge in [-0.25, -0.2) is 0 Å². The Balaban J connectivity index is 1.49. The van der Waals surface area contributed by atoms with Gasteiger partial charge in [0.05, 0.1) is 18.9 Å². The van der Waals surface area contributed by atoms with E-state index in [1.54, 1.807) is 0 Å². The first-order valence-corrected chi connectivity index (χ1v) is 9.59. The Bertz CT molecular complexity index is 620. The van der Waals surface area contributed by atoms with Gasteiger partial charge in [-0.1, -0.05) is 5.16 Å². The number of carbonyl (C=O) groups is 1. The van der Waals surface area contributed by atoms with Gasteiger partial charge >= 0.3 is 0 Å². The standard InChI is InChI=1S/C19H29N3O3/c1-14-17(15(2)25-20-14)18(23)22-7-3-6-19(12-22)11-21(8-9-24-13-19)10-16-4-5-16/h16H,3-13H2,1-2H3. The predicted octanol–water partition coefficient (Wildman–Crippen LogP) is 2.26. The number of hydrogen-bond acceptors (Lipinski definition) is 5. The summed E-state index contributed by atoms with van der Waals surface area (Å²) in [5.41, 5.74) is 1.40. The zero-order valence-corrected chi connectivity index (χ0v) is 15.4. The van der Waals surface area contributed by atoms with E-state index < -0.39 is 0 Å². The maximum Gasteiger partial charge on any atom is 0.259 e. The Morgan fingerprint density at radius 2 is 2.12 bits per heavy atom. The second-order valence-electron chi connectivity index (χ2n) is 8.26. The molecular weight excluding hydrogens is 318 g/mol. The third-order valence-corrected chi connectivity index (χ3v) is 5.93. The molecule has 138 valence electrons. The maximum atomic E-state index is 13.1. The van der Waals surface area contributed by atoms with E-state index in [9.17, 15) is 4.79 Å². The van der Waals surface area contributed by atoms with E-state index in [4.69, 9.17) is 9.26 Å². The van der Waals surface area contributed by atoms with Crippen LogP contribution in [0.1, 0.15) is 47.5 Å². The summed E-state index contributed by atoms with van der Waals surface area (Å²) in [5, 5.41) is 3.95. The average molecular weight is 347 g/mol. The molecule has 2 aliphatic heterocycles. The Kier molecular flexibility index (Phi) is 4.58. The molecule has 0 aromatic carbocycles. The number of rotatable bonds is 3. The Morgan fingerprint density at radius 3 is 2.84 bits per heavy atom. The van der Waals surface area contributed by atoms with Crippen molar-refractivity contribution in [3.05, 3.63) is 17.0 Å². The fraction of sp³-hybridized carbons (Fsp3) is 0.789. The van der Waals surface area contributed by atoms with E-state index in [2.05, 4.69) is 10.1 Å². The molecule has 1 aromatic heterocycles. The lowest BCUT2D eigenvalue weighted by Gasteiger charge is -2.43. The number of aromatic nitrogens is 1. The summed E-state index contributed by atoms with van der Waals surface area (Å²) in [6.07, 6.45) is 4.93. The number of nitrogens with zero attached hydrogens (tertiary/aromatic N) is 3. The molecule has 3 aliphatic rings. The Morgan fingerprint density at radius 1 is 1.28 bits per heavy atom. The third-order valence-electron chi connectivity index (χ3n) is 5.93. The lowest BCUT2D eigenvalue weighted by atomic mass is 9.79. The molecule has 2 saturated heterocycles. The molecule has 1 spiro atoms. The van der Waals surface area contributed by atoms with Crippen molar-refractivity contribution in [1.82, 2.24) is 15.0 Å². The Labute approximate surface area is 149 Å². The van der Waals surface area contributed by atoms with Crippen LogP contribution in [0.3, 0.4) is 0 Å². The van der Waals surface area contributed by atoms with Gasteiger partial charge in [-0.2, -0.15) is 0 Å². The van der Waals surface area contributed by atoms with Crippen molar-refractivity contribution in [1.29, 1.82) is 0 Å². The van der Waals surface area contributed by atoms with Gasteiger partial charge in [0, 0.05) is 38.1 Å². The molecule has 1 aliphatic carbocycles. The van der Waals surface area contributed by atoms with Crippen molar-refractivity contribution in [2.75, 3.05) is 45.9 Å². The van der Waals surface area contributed by atoms with E-state index in [1.165, 1.54) is 19.4 Å². The second-order valence-corrected chi connectivity index (χ2v) is 8.26. The minimum Gasteiger partial charge on any atom is -0.379 e. The van der Waals surface area contributed by atoms with Crippen LogP contribution in [0.4, 0.5) is 0 Å². The Hall–Kier alpha value is -1.40. The highest BCUT2D eigenvalue weighted by molar-refractivity contribution is 5.96. The summed E-state index contributed by atoms with van der Waals surface area (Å²) < 4.78 is 11.2. The molecule has 0 N–H and O–H groups in total. The quantitative estimate of drug-likeness (QED) is 0.839. The first kappa shape index (κ1) is 17.0. The molecule has 0 bridgehead atoms. The van der Waals surface area contributed by atoms with Gasteiger partial charge in [0.2, 0.25) is 0 Å². The molecule has 1 aromatic rings. The highest BCUT2D eigenvalue weighted by atomic mass is 16.5. The molecule has 3 fully saturated rings. The topological polar surface area (TPSA) is 58.8 Å². The molecule has 6 heteroatoms. The molecule has 6 nitrogen and oxygen atoms in total. The second kappa shape index (κ2) is 6.72. The van der Waals surface area contributed by atoms with Crippen LogP contribution in [0.15, 0.2) is 4.52 Å². The summed E-state index contributed by atoms with van der Waals surface area (Å²) in [7, 11) is 0. The van der Waals surface area contributed by atoms with Crippen LogP contribution >= 0.6 is 0 Å². The summed E-state index contributed by atoms with van der Waals surface area (Å²) in [4.78, 5) is 17.6. The normalized spacial score (nSPS) is 28.3. The van der Waals surface area contributed by atoms with Crippen molar-refractivity contribution >= 4 is 5.91 Å². The van der Waals surface area contributed by atoms with Crippen molar-refractivity contribution in [2.45, 2.75) is 39.5 Å². The van der Waals surface area contributed by atoms with Crippen LogP contribution in [-0.2, 0) is 4.74 Å². The lowest BCUT2D eigenvalue weighted by Crippen LogP contribution is -2.52. The van der Waals surface area contributed by atoms with Crippen LogP contribution < -0.4 is 0 Å². The maximum absolute atomic E-state index is 13.1. The number of piperidine rings is 1. The van der Waals surface area contributed by atoms with Gasteiger partial charge in [-0.05, 0) is 45.4 Å². The SMILES string of the molecule is Cc1noc(C)c1C(=O)N1CCCC2(COCCN(CC3CC3)C2)C1. The fourth-order valence-electron chi connectivity index (χ4n) is 4.48. The van der Waals surface area contributed by atoms with Gasteiger partial charge < -0.3 is 19.1 Å². The smallest absolute Gasteiger partial charge is 0.259 e. The molecule has 0 radical (unpaired) electrons. The highest BCUT2D eigenvalue weighted by Gasteiger charge is 2.41. The summed E-state index contributed by atoms with van der Waals surface area (Å²) in [6, 6.07) is 0. The van der Waals surface area contributed by atoms with E-state index in [-0.39, 0.29) is 11.3 Å². The number of likely N-dealkylation sites (tertiary alicyclic amines) is 1. The largest absolute Gasteiger partial charge is 0.379 e. The minimum atomic E-state index is 0.0633. The number of carbonyl (C=O) groups excluding carboxylic acids is 1. The van der Waals surface area contributed by atoms with Gasteiger partial charge in [0.1, 0.15) is 11.3 Å². The van der Waals surface area contributed by atoms with E-state index >= 15 is 0 Å². The van der Waals surface area contributed by atoms with Crippen LogP contribution in [-0.4, -0.2) is 66.8 Å². The molecule has 1 atom stereocenters. The van der Waals surface area contributed by atoms with Gasteiger partial charge in [-0.15, -0.1) is 0 Å². The van der Waals surface area contributed by atoms with E-state index in [0.717, 1.165) is 58.2 Å². The van der Waals surface area contributed by atoms with Gasteiger partial charge in [0.25, 0.3) is 5.91 Å². The average Bonchev–Trinajstić information content (AvgIpc) is 3.37. The predicted molar refractivity (Wildman–Crippen MR) is 93.5 cm³/mol. The zero-order valence-electron chi connectivity index (χ0n) is 15.4. The lowest BCUT2D eigenvalue weighted by molar-refractivity contribution is 0.00708. The van der Waals surface area contributed by atoms with Crippen LogP contribution in [0.5, 0.6) is 0 Å². The summed E-state index contributed by atoms with van der Waals surface area (Å²) in [6.45, 7) is 10.1. The van der Waals surface area contributed by atoms with Crippen molar-refractivity contribution in [3.8, 4) is 0 Å².